The van der Waals surface area contributed by atoms with Gasteiger partial charge in [-0.15, -0.1) is 0 Å². The first-order valence-electron chi connectivity index (χ1n) is 6.93. The number of carbonyl (C=O) groups is 1. The number of nitrogens with zero attached hydrogens (tertiary/aromatic N) is 1. The van der Waals surface area contributed by atoms with Gasteiger partial charge >= 0.3 is 5.97 Å². The SMILES string of the molecule is CC(C)(C)N(CCC(=O)O)C1Cc2ccccc2C1. The van der Waals surface area contributed by atoms with E-state index >= 15 is 0 Å². The highest BCUT2D eigenvalue weighted by atomic mass is 16.4. The molecule has 0 bridgehead atoms. The molecule has 104 valence electrons. The Bertz CT molecular complexity index is 437. The lowest BCUT2D eigenvalue weighted by Gasteiger charge is -2.40. The highest BCUT2D eigenvalue weighted by molar-refractivity contribution is 5.66. The van der Waals surface area contributed by atoms with Crippen molar-refractivity contribution in [2.75, 3.05) is 6.54 Å². The van der Waals surface area contributed by atoms with E-state index in [1.54, 1.807) is 0 Å². The van der Waals surface area contributed by atoms with Gasteiger partial charge in [0.25, 0.3) is 0 Å². The molecule has 0 amide bonds. The van der Waals surface area contributed by atoms with Gasteiger partial charge in [0.1, 0.15) is 0 Å². The van der Waals surface area contributed by atoms with Crippen LogP contribution in [0.3, 0.4) is 0 Å². The molecule has 2 rings (SSSR count). The van der Waals surface area contributed by atoms with Crippen molar-refractivity contribution in [3.8, 4) is 0 Å². The van der Waals surface area contributed by atoms with Crippen LogP contribution in [0.15, 0.2) is 24.3 Å². The fourth-order valence-electron chi connectivity index (χ4n) is 3.04. The molecule has 19 heavy (non-hydrogen) atoms. The van der Waals surface area contributed by atoms with Crippen molar-refractivity contribution >= 4 is 5.97 Å². The predicted octanol–water partition coefficient (Wildman–Crippen LogP) is 2.73. The van der Waals surface area contributed by atoms with Gasteiger partial charge in [-0.2, -0.15) is 0 Å². The average Bonchev–Trinajstić information content (AvgIpc) is 2.69. The molecule has 0 atom stereocenters. The summed E-state index contributed by atoms with van der Waals surface area (Å²) in [7, 11) is 0. The summed E-state index contributed by atoms with van der Waals surface area (Å²) in [4.78, 5) is 13.2. The third-order valence-electron chi connectivity index (χ3n) is 3.90. The molecule has 0 radical (unpaired) electrons. The standard InChI is InChI=1S/C16H23NO2/c1-16(2,3)17(9-8-15(18)19)14-10-12-6-4-5-7-13(12)11-14/h4-7,14H,8-11H2,1-3H3,(H,18,19). The van der Waals surface area contributed by atoms with Crippen LogP contribution in [0.5, 0.6) is 0 Å². The van der Waals surface area contributed by atoms with Gasteiger partial charge in [0, 0.05) is 18.1 Å². The molecule has 0 aromatic heterocycles. The molecule has 3 nitrogen and oxygen atoms in total. The van der Waals surface area contributed by atoms with Gasteiger partial charge in [0.05, 0.1) is 6.42 Å². The minimum absolute atomic E-state index is 0.00214. The molecule has 1 aliphatic rings. The van der Waals surface area contributed by atoms with Crippen LogP contribution in [0.25, 0.3) is 0 Å². The number of rotatable bonds is 4. The van der Waals surface area contributed by atoms with Crippen molar-refractivity contribution in [2.24, 2.45) is 0 Å². The molecule has 0 aliphatic heterocycles. The summed E-state index contributed by atoms with van der Waals surface area (Å²) >= 11 is 0. The molecule has 1 N–H and O–H groups in total. The summed E-state index contributed by atoms with van der Waals surface area (Å²) in [5.74, 6) is -0.718. The van der Waals surface area contributed by atoms with Crippen LogP contribution < -0.4 is 0 Å². The number of aliphatic carboxylic acids is 1. The molecule has 1 aromatic carbocycles. The fraction of sp³-hybridized carbons (Fsp3) is 0.562. The number of fused-ring (bicyclic) bond motifs is 1. The molecule has 0 fully saturated rings. The van der Waals surface area contributed by atoms with Crippen LogP contribution in [-0.4, -0.2) is 34.1 Å². The lowest BCUT2D eigenvalue weighted by atomic mass is 10.0. The van der Waals surface area contributed by atoms with Crippen LogP contribution in [0.1, 0.15) is 38.3 Å². The number of carboxylic acids is 1. The second-order valence-electron chi connectivity index (χ2n) is 6.34. The zero-order chi connectivity index (χ0) is 14.0. The van der Waals surface area contributed by atoms with Gasteiger partial charge in [-0.05, 0) is 44.7 Å². The number of benzene rings is 1. The smallest absolute Gasteiger partial charge is 0.304 e. The Labute approximate surface area is 115 Å². The van der Waals surface area contributed by atoms with Crippen LogP contribution in [0, 0.1) is 0 Å². The minimum Gasteiger partial charge on any atom is -0.481 e. The van der Waals surface area contributed by atoms with E-state index in [0.29, 0.717) is 12.6 Å². The molecule has 0 saturated carbocycles. The van der Waals surface area contributed by atoms with Crippen molar-refractivity contribution < 1.29 is 9.90 Å². The van der Waals surface area contributed by atoms with E-state index in [1.807, 2.05) is 0 Å². The van der Waals surface area contributed by atoms with Crippen LogP contribution in [-0.2, 0) is 17.6 Å². The van der Waals surface area contributed by atoms with E-state index in [-0.39, 0.29) is 12.0 Å². The summed E-state index contributed by atoms with van der Waals surface area (Å²) in [5, 5.41) is 8.92. The molecule has 1 aliphatic carbocycles. The van der Waals surface area contributed by atoms with Gasteiger partial charge in [-0.1, -0.05) is 24.3 Å². The van der Waals surface area contributed by atoms with Gasteiger partial charge < -0.3 is 5.11 Å². The average molecular weight is 261 g/mol. The van der Waals surface area contributed by atoms with E-state index in [1.165, 1.54) is 11.1 Å². The second-order valence-corrected chi connectivity index (χ2v) is 6.34. The zero-order valence-corrected chi connectivity index (χ0v) is 12.0. The Kier molecular flexibility index (Phi) is 3.95. The van der Waals surface area contributed by atoms with Crippen molar-refractivity contribution in [1.82, 2.24) is 4.90 Å². The number of hydrogen-bond acceptors (Lipinski definition) is 2. The Balaban J connectivity index is 2.11. The van der Waals surface area contributed by atoms with E-state index in [0.717, 1.165) is 12.8 Å². The number of carboxylic acid groups (broad SMARTS) is 1. The Hall–Kier alpha value is -1.35. The normalized spacial score (nSPS) is 15.8. The fourth-order valence-corrected chi connectivity index (χ4v) is 3.04. The van der Waals surface area contributed by atoms with Crippen molar-refractivity contribution in [3.05, 3.63) is 35.4 Å². The lowest BCUT2D eigenvalue weighted by molar-refractivity contribution is -0.137. The predicted molar refractivity (Wildman–Crippen MR) is 76.3 cm³/mol. The van der Waals surface area contributed by atoms with E-state index in [4.69, 9.17) is 5.11 Å². The van der Waals surface area contributed by atoms with Crippen molar-refractivity contribution in [1.29, 1.82) is 0 Å². The minimum atomic E-state index is -0.718. The highest BCUT2D eigenvalue weighted by Gasteiger charge is 2.33. The van der Waals surface area contributed by atoms with E-state index in [2.05, 4.69) is 49.9 Å². The first-order chi connectivity index (χ1) is 8.88. The Morgan fingerprint density at radius 3 is 2.21 bits per heavy atom. The molecule has 0 heterocycles. The molecule has 3 heteroatoms. The highest BCUT2D eigenvalue weighted by Crippen LogP contribution is 2.29. The van der Waals surface area contributed by atoms with Crippen LogP contribution in [0.2, 0.25) is 0 Å². The summed E-state index contributed by atoms with van der Waals surface area (Å²) < 4.78 is 0. The molecule has 0 spiro atoms. The monoisotopic (exact) mass is 261 g/mol. The molecule has 0 unspecified atom stereocenters. The summed E-state index contributed by atoms with van der Waals surface area (Å²) in [6, 6.07) is 8.97. The van der Waals surface area contributed by atoms with Gasteiger partial charge in [0.15, 0.2) is 0 Å². The van der Waals surface area contributed by atoms with Gasteiger partial charge in [-0.25, -0.2) is 0 Å². The maximum Gasteiger partial charge on any atom is 0.304 e. The Morgan fingerprint density at radius 2 is 1.79 bits per heavy atom. The van der Waals surface area contributed by atoms with Gasteiger partial charge in [0.2, 0.25) is 0 Å². The summed E-state index contributed by atoms with van der Waals surface area (Å²) in [5.41, 5.74) is 2.83. The van der Waals surface area contributed by atoms with Crippen molar-refractivity contribution in [2.45, 2.75) is 51.6 Å². The van der Waals surface area contributed by atoms with Crippen molar-refractivity contribution in [3.63, 3.8) is 0 Å². The second kappa shape index (κ2) is 5.33. The molecular weight excluding hydrogens is 238 g/mol. The Morgan fingerprint density at radius 1 is 1.26 bits per heavy atom. The summed E-state index contributed by atoms with van der Waals surface area (Å²) in [6.45, 7) is 7.12. The third kappa shape index (κ3) is 3.35. The molecular formula is C16H23NO2. The van der Waals surface area contributed by atoms with E-state index in [9.17, 15) is 4.79 Å². The maximum atomic E-state index is 10.8. The van der Waals surface area contributed by atoms with Crippen LogP contribution in [0.4, 0.5) is 0 Å². The summed E-state index contributed by atoms with van der Waals surface area (Å²) in [6.07, 6.45) is 2.28. The zero-order valence-electron chi connectivity index (χ0n) is 12.0. The third-order valence-corrected chi connectivity index (χ3v) is 3.90. The topological polar surface area (TPSA) is 40.5 Å². The molecule has 1 aromatic rings. The molecule has 0 saturated heterocycles. The first-order valence-corrected chi connectivity index (χ1v) is 6.93. The van der Waals surface area contributed by atoms with Gasteiger partial charge in [-0.3, -0.25) is 9.69 Å². The lowest BCUT2D eigenvalue weighted by Crippen LogP contribution is -2.49. The quantitative estimate of drug-likeness (QED) is 0.906. The largest absolute Gasteiger partial charge is 0.481 e. The van der Waals surface area contributed by atoms with Crippen LogP contribution >= 0.6 is 0 Å². The maximum absolute atomic E-state index is 10.8. The first kappa shape index (κ1) is 14.1. The van der Waals surface area contributed by atoms with E-state index < -0.39 is 5.97 Å². The number of hydrogen-bond donors (Lipinski definition) is 1.